The van der Waals surface area contributed by atoms with Gasteiger partial charge in [0.05, 0.1) is 26.2 Å². The Labute approximate surface area is 182 Å². The Kier molecular flexibility index (Phi) is 6.81. The number of nitrogens with one attached hydrogen (secondary N) is 1. The topological polar surface area (TPSA) is 94.2 Å². The number of halogens is 1. The Bertz CT molecular complexity index is 1070. The average Bonchev–Trinajstić information content (AvgIpc) is 3.00. The molecule has 31 heavy (non-hydrogen) atoms. The van der Waals surface area contributed by atoms with Crippen LogP contribution < -0.4 is 19.5 Å². The van der Waals surface area contributed by atoms with Crippen molar-refractivity contribution in [2.24, 2.45) is 0 Å². The normalized spacial score (nSPS) is 14.7. The molecule has 0 radical (unpaired) electrons. The van der Waals surface area contributed by atoms with Crippen molar-refractivity contribution in [3.8, 4) is 17.2 Å². The number of anilines is 1. The van der Waals surface area contributed by atoms with Gasteiger partial charge in [0.1, 0.15) is 18.1 Å². The number of nitrogens with zero attached hydrogens (tertiary/aromatic N) is 1. The summed E-state index contributed by atoms with van der Waals surface area (Å²) in [6.45, 7) is -0.498. The Morgan fingerprint density at radius 2 is 1.74 bits per heavy atom. The van der Waals surface area contributed by atoms with Crippen molar-refractivity contribution in [2.45, 2.75) is 0 Å². The van der Waals surface area contributed by atoms with Crippen LogP contribution in [0.3, 0.4) is 0 Å². The minimum Gasteiger partial charge on any atom is -0.496 e. The fourth-order valence-corrected chi connectivity index (χ4v) is 3.68. The standard InChI is InChI=1S/C21H19FN2O6S/c1-28-15-10-17(30-3)16(29-2)7-12(15)8-18-20(26)24(21(27)31-18)11-19(25)23-14-6-4-5-13(22)9-14/h4-10H,11H2,1-3H3,(H,23,25)/b18-8+. The summed E-state index contributed by atoms with van der Waals surface area (Å²) in [4.78, 5) is 38.2. The van der Waals surface area contributed by atoms with Gasteiger partial charge in [-0.2, -0.15) is 0 Å². The highest BCUT2D eigenvalue weighted by molar-refractivity contribution is 8.18. The van der Waals surface area contributed by atoms with Crippen LogP contribution in [0.5, 0.6) is 17.2 Å². The van der Waals surface area contributed by atoms with Gasteiger partial charge in [-0.05, 0) is 42.1 Å². The number of thioether (sulfide) groups is 1. The second-order valence-corrected chi connectivity index (χ2v) is 7.27. The molecule has 2 aromatic carbocycles. The molecule has 1 N–H and O–H groups in total. The van der Waals surface area contributed by atoms with Crippen LogP contribution in [-0.2, 0) is 9.59 Å². The molecule has 1 heterocycles. The summed E-state index contributed by atoms with van der Waals surface area (Å²) < 4.78 is 29.1. The SMILES string of the molecule is COc1cc(OC)c(OC)cc1/C=C1/SC(=O)N(CC(=O)Nc2cccc(F)c2)C1=O. The van der Waals surface area contributed by atoms with Gasteiger partial charge in [0.2, 0.25) is 5.91 Å². The molecule has 10 heteroatoms. The largest absolute Gasteiger partial charge is 0.496 e. The average molecular weight is 446 g/mol. The highest BCUT2D eigenvalue weighted by Gasteiger charge is 2.36. The second kappa shape index (κ2) is 9.52. The van der Waals surface area contributed by atoms with E-state index in [0.29, 0.717) is 34.6 Å². The zero-order valence-electron chi connectivity index (χ0n) is 16.9. The van der Waals surface area contributed by atoms with E-state index in [1.165, 1.54) is 45.6 Å². The van der Waals surface area contributed by atoms with E-state index in [4.69, 9.17) is 14.2 Å². The van der Waals surface area contributed by atoms with Crippen molar-refractivity contribution in [1.82, 2.24) is 4.90 Å². The maximum atomic E-state index is 13.3. The lowest BCUT2D eigenvalue weighted by Gasteiger charge is -2.13. The van der Waals surface area contributed by atoms with E-state index < -0.39 is 29.4 Å². The van der Waals surface area contributed by atoms with Crippen molar-refractivity contribution >= 4 is 40.6 Å². The smallest absolute Gasteiger partial charge is 0.294 e. The predicted octanol–water partition coefficient (Wildman–Crippen LogP) is 3.53. The number of hydrogen-bond donors (Lipinski definition) is 1. The number of ether oxygens (including phenoxy) is 3. The minimum atomic E-state index is -0.627. The van der Waals surface area contributed by atoms with Crippen LogP contribution in [0.4, 0.5) is 14.9 Å². The Balaban J connectivity index is 1.79. The molecule has 3 amide bonds. The molecule has 0 atom stereocenters. The van der Waals surface area contributed by atoms with E-state index in [2.05, 4.69) is 5.32 Å². The van der Waals surface area contributed by atoms with Gasteiger partial charge in [0.15, 0.2) is 11.5 Å². The van der Waals surface area contributed by atoms with Gasteiger partial charge in [-0.25, -0.2) is 4.39 Å². The summed E-state index contributed by atoms with van der Waals surface area (Å²) in [7, 11) is 4.41. The summed E-state index contributed by atoms with van der Waals surface area (Å²) >= 11 is 0.701. The summed E-state index contributed by atoms with van der Waals surface area (Å²) in [5, 5.41) is 1.86. The molecular weight excluding hydrogens is 427 g/mol. The van der Waals surface area contributed by atoms with Crippen LogP contribution in [0.1, 0.15) is 5.56 Å². The lowest BCUT2D eigenvalue weighted by molar-refractivity contribution is -0.127. The lowest BCUT2D eigenvalue weighted by atomic mass is 10.1. The first kappa shape index (κ1) is 22.2. The van der Waals surface area contributed by atoms with Crippen molar-refractivity contribution < 1.29 is 33.0 Å². The minimum absolute atomic E-state index is 0.120. The van der Waals surface area contributed by atoms with Crippen LogP contribution in [0, 0.1) is 5.82 Å². The molecule has 0 aliphatic carbocycles. The van der Waals surface area contributed by atoms with Crippen LogP contribution in [0.25, 0.3) is 6.08 Å². The maximum absolute atomic E-state index is 13.3. The molecule has 1 saturated heterocycles. The van der Waals surface area contributed by atoms with Crippen molar-refractivity contribution in [2.75, 3.05) is 33.2 Å². The molecule has 1 fully saturated rings. The number of carbonyl (C=O) groups is 3. The van der Waals surface area contributed by atoms with Gasteiger partial charge in [-0.1, -0.05) is 6.07 Å². The number of methoxy groups -OCH3 is 3. The second-order valence-electron chi connectivity index (χ2n) is 6.28. The molecular formula is C21H19FN2O6S. The van der Waals surface area contributed by atoms with E-state index in [0.717, 1.165) is 11.0 Å². The van der Waals surface area contributed by atoms with Crippen molar-refractivity contribution in [3.63, 3.8) is 0 Å². The lowest BCUT2D eigenvalue weighted by Crippen LogP contribution is -2.36. The first-order chi connectivity index (χ1) is 14.9. The Morgan fingerprint density at radius 1 is 1.06 bits per heavy atom. The number of imide groups is 1. The van der Waals surface area contributed by atoms with Gasteiger partial charge >= 0.3 is 0 Å². The highest BCUT2D eigenvalue weighted by Crippen LogP contribution is 2.38. The van der Waals surface area contributed by atoms with E-state index in [9.17, 15) is 18.8 Å². The number of amides is 3. The quantitative estimate of drug-likeness (QED) is 0.651. The molecule has 162 valence electrons. The Morgan fingerprint density at radius 3 is 2.39 bits per heavy atom. The number of rotatable bonds is 7. The van der Waals surface area contributed by atoms with Crippen LogP contribution >= 0.6 is 11.8 Å². The van der Waals surface area contributed by atoms with Gasteiger partial charge in [-0.3, -0.25) is 19.3 Å². The number of carbonyl (C=O) groups excluding carboxylic acids is 3. The van der Waals surface area contributed by atoms with Crippen LogP contribution in [0.2, 0.25) is 0 Å². The zero-order valence-corrected chi connectivity index (χ0v) is 17.7. The van der Waals surface area contributed by atoms with Gasteiger partial charge in [-0.15, -0.1) is 0 Å². The maximum Gasteiger partial charge on any atom is 0.294 e. The highest BCUT2D eigenvalue weighted by atomic mass is 32.2. The first-order valence-electron chi connectivity index (χ1n) is 8.97. The molecule has 0 aromatic heterocycles. The van der Waals surface area contributed by atoms with Crippen molar-refractivity contribution in [1.29, 1.82) is 0 Å². The third-order valence-corrected chi connectivity index (χ3v) is 5.21. The Hall–Kier alpha value is -3.53. The van der Waals surface area contributed by atoms with Crippen molar-refractivity contribution in [3.05, 3.63) is 52.7 Å². The number of benzene rings is 2. The first-order valence-corrected chi connectivity index (χ1v) is 9.78. The summed E-state index contributed by atoms with van der Waals surface area (Å²) in [6, 6.07) is 8.51. The van der Waals surface area contributed by atoms with Crippen LogP contribution in [-0.4, -0.2) is 49.8 Å². The molecule has 3 rings (SSSR count). The van der Waals surface area contributed by atoms with Gasteiger partial charge in [0, 0.05) is 17.3 Å². The van der Waals surface area contributed by atoms with E-state index >= 15 is 0 Å². The van der Waals surface area contributed by atoms with Gasteiger partial charge in [0.25, 0.3) is 11.1 Å². The fourth-order valence-electron chi connectivity index (χ4n) is 2.85. The fraction of sp³-hybridized carbons (Fsp3) is 0.190. The third kappa shape index (κ3) is 4.97. The predicted molar refractivity (Wildman–Crippen MR) is 114 cm³/mol. The summed E-state index contributed by atoms with van der Waals surface area (Å²) in [6.07, 6.45) is 1.48. The molecule has 0 unspecified atom stereocenters. The molecule has 0 spiro atoms. The summed E-state index contributed by atoms with van der Waals surface area (Å²) in [5.74, 6) is -0.495. The summed E-state index contributed by atoms with van der Waals surface area (Å²) in [5.41, 5.74) is 0.720. The molecule has 2 aromatic rings. The van der Waals surface area contributed by atoms with E-state index in [-0.39, 0.29) is 10.6 Å². The van der Waals surface area contributed by atoms with Crippen LogP contribution in [0.15, 0.2) is 41.3 Å². The van der Waals surface area contributed by atoms with Gasteiger partial charge < -0.3 is 19.5 Å². The zero-order chi connectivity index (χ0) is 22.5. The molecule has 1 aliphatic rings. The monoisotopic (exact) mass is 446 g/mol. The molecule has 0 bridgehead atoms. The third-order valence-electron chi connectivity index (χ3n) is 4.31. The molecule has 0 saturated carbocycles. The van der Waals surface area contributed by atoms with E-state index in [1.54, 1.807) is 12.1 Å². The molecule has 8 nitrogen and oxygen atoms in total. The molecule has 1 aliphatic heterocycles. The number of hydrogen-bond acceptors (Lipinski definition) is 7. The van der Waals surface area contributed by atoms with E-state index in [1.807, 2.05) is 0 Å².